The molecular formula is C15H20N2O. The third-order valence-electron chi connectivity index (χ3n) is 4.10. The highest BCUT2D eigenvalue weighted by molar-refractivity contribution is 5.99. The Morgan fingerprint density at radius 3 is 2.61 bits per heavy atom. The zero-order valence-corrected chi connectivity index (χ0v) is 10.9. The van der Waals surface area contributed by atoms with E-state index in [4.69, 9.17) is 0 Å². The minimum Gasteiger partial charge on any atom is -0.319 e. The molecule has 1 atom stereocenters. The van der Waals surface area contributed by atoms with Crippen LogP contribution in [0.4, 0.5) is 0 Å². The van der Waals surface area contributed by atoms with Crippen LogP contribution >= 0.6 is 0 Å². The van der Waals surface area contributed by atoms with Crippen LogP contribution in [0.15, 0.2) is 24.3 Å². The second-order valence-electron chi connectivity index (χ2n) is 5.15. The van der Waals surface area contributed by atoms with Gasteiger partial charge in [-0.2, -0.15) is 0 Å². The van der Waals surface area contributed by atoms with Crippen LogP contribution in [0.2, 0.25) is 0 Å². The van der Waals surface area contributed by atoms with Gasteiger partial charge in [0.15, 0.2) is 0 Å². The summed E-state index contributed by atoms with van der Waals surface area (Å²) in [5.41, 5.74) is 2.10. The van der Waals surface area contributed by atoms with Crippen molar-refractivity contribution in [1.29, 1.82) is 0 Å². The summed E-state index contributed by atoms with van der Waals surface area (Å²) in [6.45, 7) is 5.08. The Bertz CT molecular complexity index is 452. The molecule has 1 aromatic carbocycles. The van der Waals surface area contributed by atoms with Gasteiger partial charge in [0.1, 0.15) is 6.17 Å². The van der Waals surface area contributed by atoms with Crippen molar-refractivity contribution in [3.8, 4) is 0 Å². The first kappa shape index (κ1) is 11.7. The topological polar surface area (TPSA) is 23.6 Å². The number of hydrogen-bond donors (Lipinski definition) is 0. The molecule has 2 aliphatic heterocycles. The molecule has 0 bridgehead atoms. The molecule has 1 unspecified atom stereocenters. The molecule has 1 aromatic rings. The van der Waals surface area contributed by atoms with Gasteiger partial charge in [-0.1, -0.05) is 24.6 Å². The van der Waals surface area contributed by atoms with Crippen molar-refractivity contribution in [2.24, 2.45) is 0 Å². The number of piperidine rings is 1. The van der Waals surface area contributed by atoms with Gasteiger partial charge in [-0.3, -0.25) is 9.69 Å². The highest BCUT2D eigenvalue weighted by Crippen LogP contribution is 2.36. The summed E-state index contributed by atoms with van der Waals surface area (Å²) in [4.78, 5) is 16.9. The van der Waals surface area contributed by atoms with Gasteiger partial charge in [0.2, 0.25) is 0 Å². The fourth-order valence-corrected chi connectivity index (χ4v) is 3.22. The van der Waals surface area contributed by atoms with E-state index in [1.165, 1.54) is 24.8 Å². The molecule has 0 N–H and O–H groups in total. The van der Waals surface area contributed by atoms with E-state index >= 15 is 0 Å². The first-order valence-corrected chi connectivity index (χ1v) is 6.97. The molecule has 0 saturated carbocycles. The van der Waals surface area contributed by atoms with Gasteiger partial charge in [0, 0.05) is 30.8 Å². The number of carbonyl (C=O) groups excluding carboxylic acids is 1. The highest BCUT2D eigenvalue weighted by Gasteiger charge is 2.39. The van der Waals surface area contributed by atoms with Crippen molar-refractivity contribution in [2.45, 2.75) is 32.4 Å². The summed E-state index contributed by atoms with van der Waals surface area (Å²) < 4.78 is 0. The van der Waals surface area contributed by atoms with Gasteiger partial charge in [-0.15, -0.1) is 0 Å². The Morgan fingerprint density at radius 2 is 1.89 bits per heavy atom. The molecular weight excluding hydrogens is 224 g/mol. The summed E-state index contributed by atoms with van der Waals surface area (Å²) in [5.74, 6) is 0.198. The Morgan fingerprint density at radius 1 is 1.17 bits per heavy atom. The van der Waals surface area contributed by atoms with E-state index in [2.05, 4.69) is 17.9 Å². The maximum atomic E-state index is 12.4. The molecule has 0 aromatic heterocycles. The van der Waals surface area contributed by atoms with Crippen molar-refractivity contribution < 1.29 is 4.79 Å². The van der Waals surface area contributed by atoms with Gasteiger partial charge in [0.05, 0.1) is 0 Å². The molecule has 1 saturated heterocycles. The lowest BCUT2D eigenvalue weighted by Crippen LogP contribution is -2.42. The van der Waals surface area contributed by atoms with Crippen LogP contribution in [0, 0.1) is 0 Å². The smallest absolute Gasteiger partial charge is 0.255 e. The SMILES string of the molecule is CCN1C(=O)c2ccccc2C1N1CCCCC1. The molecule has 3 nitrogen and oxygen atoms in total. The van der Waals surface area contributed by atoms with Crippen LogP contribution in [0.5, 0.6) is 0 Å². The number of fused-ring (bicyclic) bond motifs is 1. The average molecular weight is 244 g/mol. The van der Waals surface area contributed by atoms with Gasteiger partial charge in [-0.25, -0.2) is 0 Å². The molecule has 3 heteroatoms. The molecule has 2 aliphatic rings. The monoisotopic (exact) mass is 244 g/mol. The van der Waals surface area contributed by atoms with Crippen molar-refractivity contribution in [2.75, 3.05) is 19.6 Å². The number of benzene rings is 1. The second kappa shape index (κ2) is 4.73. The fourth-order valence-electron chi connectivity index (χ4n) is 3.22. The van der Waals surface area contributed by atoms with Crippen LogP contribution in [-0.2, 0) is 0 Å². The zero-order chi connectivity index (χ0) is 12.5. The minimum absolute atomic E-state index is 0.180. The van der Waals surface area contributed by atoms with Gasteiger partial charge in [-0.05, 0) is 25.8 Å². The minimum atomic E-state index is 0.180. The molecule has 1 amide bonds. The molecule has 2 heterocycles. The number of rotatable bonds is 2. The number of hydrogen-bond acceptors (Lipinski definition) is 2. The predicted octanol–water partition coefficient (Wildman–Crippen LogP) is 2.65. The molecule has 3 rings (SSSR count). The maximum absolute atomic E-state index is 12.4. The van der Waals surface area contributed by atoms with Crippen molar-refractivity contribution in [1.82, 2.24) is 9.80 Å². The lowest BCUT2D eigenvalue weighted by atomic mass is 10.1. The Balaban J connectivity index is 1.98. The van der Waals surface area contributed by atoms with Crippen molar-refractivity contribution in [3.63, 3.8) is 0 Å². The van der Waals surface area contributed by atoms with Gasteiger partial charge < -0.3 is 4.90 Å². The maximum Gasteiger partial charge on any atom is 0.255 e. The second-order valence-corrected chi connectivity index (χ2v) is 5.15. The van der Waals surface area contributed by atoms with Crippen LogP contribution in [-0.4, -0.2) is 35.3 Å². The highest BCUT2D eigenvalue weighted by atomic mass is 16.2. The van der Waals surface area contributed by atoms with E-state index in [-0.39, 0.29) is 12.1 Å². The van der Waals surface area contributed by atoms with Gasteiger partial charge >= 0.3 is 0 Å². The van der Waals surface area contributed by atoms with E-state index in [0.717, 1.165) is 25.2 Å². The van der Waals surface area contributed by atoms with E-state index < -0.39 is 0 Å². The van der Waals surface area contributed by atoms with Crippen LogP contribution in [0.3, 0.4) is 0 Å². The standard InChI is InChI=1S/C15H20N2O/c1-2-17-14(16-10-6-3-7-11-16)12-8-4-5-9-13(12)15(17)18/h4-5,8-9,14H,2-3,6-7,10-11H2,1H3. The van der Waals surface area contributed by atoms with Crippen molar-refractivity contribution in [3.05, 3.63) is 35.4 Å². The van der Waals surface area contributed by atoms with Crippen LogP contribution in [0.1, 0.15) is 48.3 Å². The third-order valence-corrected chi connectivity index (χ3v) is 4.10. The first-order chi connectivity index (χ1) is 8.83. The predicted molar refractivity (Wildman–Crippen MR) is 71.3 cm³/mol. The van der Waals surface area contributed by atoms with Crippen molar-refractivity contribution >= 4 is 5.91 Å². The molecule has 1 fully saturated rings. The average Bonchev–Trinajstić information content (AvgIpc) is 2.73. The Kier molecular flexibility index (Phi) is 3.08. The largest absolute Gasteiger partial charge is 0.319 e. The number of likely N-dealkylation sites (tertiary alicyclic amines) is 1. The summed E-state index contributed by atoms with van der Waals surface area (Å²) >= 11 is 0. The first-order valence-electron chi connectivity index (χ1n) is 6.97. The molecule has 0 spiro atoms. The molecule has 18 heavy (non-hydrogen) atoms. The van der Waals surface area contributed by atoms with E-state index in [9.17, 15) is 4.79 Å². The quantitative estimate of drug-likeness (QED) is 0.798. The fraction of sp³-hybridized carbons (Fsp3) is 0.533. The third kappa shape index (κ3) is 1.74. The normalized spacial score (nSPS) is 24.4. The summed E-state index contributed by atoms with van der Waals surface area (Å²) in [6, 6.07) is 8.08. The summed E-state index contributed by atoms with van der Waals surface area (Å²) in [5, 5.41) is 0. The number of nitrogens with zero attached hydrogens (tertiary/aromatic N) is 2. The lowest BCUT2D eigenvalue weighted by molar-refractivity contribution is 0.0344. The van der Waals surface area contributed by atoms with Gasteiger partial charge in [0.25, 0.3) is 5.91 Å². The van der Waals surface area contributed by atoms with E-state index in [1.807, 2.05) is 23.1 Å². The number of carbonyl (C=O) groups is 1. The number of amides is 1. The summed E-state index contributed by atoms with van der Waals surface area (Å²) in [7, 11) is 0. The molecule has 0 aliphatic carbocycles. The van der Waals surface area contributed by atoms with Crippen LogP contribution in [0.25, 0.3) is 0 Å². The Hall–Kier alpha value is -1.35. The molecule has 0 radical (unpaired) electrons. The molecule has 96 valence electrons. The zero-order valence-electron chi connectivity index (χ0n) is 10.9. The lowest BCUT2D eigenvalue weighted by Gasteiger charge is -2.37. The summed E-state index contributed by atoms with van der Waals surface area (Å²) in [6.07, 6.45) is 4.01. The van der Waals surface area contributed by atoms with Crippen LogP contribution < -0.4 is 0 Å². The Labute approximate surface area is 108 Å². The van der Waals surface area contributed by atoms with E-state index in [0.29, 0.717) is 0 Å². The van der Waals surface area contributed by atoms with E-state index in [1.54, 1.807) is 0 Å².